The number of aromatic nitrogens is 3. The van der Waals surface area contributed by atoms with Crippen LogP contribution in [0.15, 0.2) is 48.1 Å². The zero-order chi connectivity index (χ0) is 16.8. The summed E-state index contributed by atoms with van der Waals surface area (Å²) in [7, 11) is 0. The molecule has 0 saturated carbocycles. The van der Waals surface area contributed by atoms with Crippen molar-refractivity contribution in [1.82, 2.24) is 25.3 Å². The minimum atomic E-state index is 0.629. The zero-order valence-corrected chi connectivity index (χ0v) is 14.3. The van der Waals surface area contributed by atoms with E-state index in [1.807, 2.05) is 25.1 Å². The van der Waals surface area contributed by atoms with Gasteiger partial charge in [0.05, 0.1) is 17.6 Å². The fourth-order valence-corrected chi connectivity index (χ4v) is 2.66. The van der Waals surface area contributed by atoms with Gasteiger partial charge in [0.1, 0.15) is 5.82 Å². The molecular weight excluding hydrogens is 322 g/mol. The molecule has 1 saturated heterocycles. The molecule has 1 aliphatic rings. The van der Waals surface area contributed by atoms with E-state index >= 15 is 0 Å². The summed E-state index contributed by atoms with van der Waals surface area (Å²) in [6.07, 6.45) is 6.93. The number of nitrogens with one attached hydrogen (secondary N) is 1. The summed E-state index contributed by atoms with van der Waals surface area (Å²) in [5.41, 5.74) is 4.60. The maximum absolute atomic E-state index is 5.44. The summed E-state index contributed by atoms with van der Waals surface area (Å²) < 4.78 is 0. The maximum atomic E-state index is 5.44. The van der Waals surface area contributed by atoms with E-state index in [1.165, 1.54) is 0 Å². The van der Waals surface area contributed by atoms with Gasteiger partial charge in [-0.25, -0.2) is 4.98 Å². The number of anilines is 1. The van der Waals surface area contributed by atoms with E-state index in [0.717, 1.165) is 43.4 Å². The van der Waals surface area contributed by atoms with Gasteiger partial charge in [-0.1, -0.05) is 6.07 Å². The summed E-state index contributed by atoms with van der Waals surface area (Å²) in [5.74, 6) is 0.903. The van der Waals surface area contributed by atoms with Gasteiger partial charge in [0.25, 0.3) is 0 Å². The first-order valence-electron chi connectivity index (χ1n) is 7.75. The monoisotopic (exact) mass is 341 g/mol. The molecule has 0 aromatic carbocycles. The minimum Gasteiger partial charge on any atom is -0.352 e. The van der Waals surface area contributed by atoms with Crippen LogP contribution in [0.25, 0.3) is 0 Å². The molecule has 1 N–H and O–H groups in total. The molecule has 0 amide bonds. The Morgan fingerprint density at radius 2 is 1.96 bits per heavy atom. The van der Waals surface area contributed by atoms with Gasteiger partial charge >= 0.3 is 0 Å². The predicted molar refractivity (Wildman–Crippen MR) is 98.0 cm³/mol. The summed E-state index contributed by atoms with van der Waals surface area (Å²) >= 11 is 5.44. The Balaban J connectivity index is 1.52. The lowest BCUT2D eigenvalue weighted by Gasteiger charge is -2.36. The lowest BCUT2D eigenvalue weighted by Crippen LogP contribution is -2.51. The van der Waals surface area contributed by atoms with E-state index in [1.54, 1.807) is 24.8 Å². The molecule has 1 fully saturated rings. The molecule has 24 heavy (non-hydrogen) atoms. The Labute approximate surface area is 146 Å². The van der Waals surface area contributed by atoms with Crippen molar-refractivity contribution in [3.8, 4) is 0 Å². The molecule has 0 atom stereocenters. The van der Waals surface area contributed by atoms with Crippen LogP contribution in [0.5, 0.6) is 0 Å². The van der Waals surface area contributed by atoms with E-state index in [4.69, 9.17) is 12.2 Å². The third kappa shape index (κ3) is 4.02. The van der Waals surface area contributed by atoms with Crippen molar-refractivity contribution < 1.29 is 0 Å². The third-order valence-electron chi connectivity index (χ3n) is 3.80. The number of pyridine rings is 1. The number of rotatable bonds is 3. The van der Waals surface area contributed by atoms with Crippen LogP contribution in [0.1, 0.15) is 12.6 Å². The van der Waals surface area contributed by atoms with Crippen LogP contribution in [-0.2, 0) is 0 Å². The van der Waals surface area contributed by atoms with Gasteiger partial charge in [-0.15, -0.1) is 0 Å². The van der Waals surface area contributed by atoms with Gasteiger partial charge in [0.15, 0.2) is 5.11 Å². The van der Waals surface area contributed by atoms with Crippen LogP contribution in [0.4, 0.5) is 5.82 Å². The third-order valence-corrected chi connectivity index (χ3v) is 4.14. The fraction of sp³-hybridized carbons (Fsp3) is 0.312. The Hall–Kier alpha value is -2.61. The minimum absolute atomic E-state index is 0.629. The predicted octanol–water partition coefficient (Wildman–Crippen LogP) is 1.29. The smallest absolute Gasteiger partial charge is 0.189 e. The van der Waals surface area contributed by atoms with Crippen LogP contribution in [0.2, 0.25) is 0 Å². The molecule has 0 spiro atoms. The highest BCUT2D eigenvalue weighted by atomic mass is 32.1. The van der Waals surface area contributed by atoms with Crippen LogP contribution >= 0.6 is 12.2 Å². The molecule has 0 radical (unpaired) electrons. The summed E-state index contributed by atoms with van der Waals surface area (Å²) in [5, 5.41) is 4.96. The van der Waals surface area contributed by atoms with Gasteiger partial charge < -0.3 is 9.80 Å². The van der Waals surface area contributed by atoms with E-state index in [0.29, 0.717) is 5.11 Å². The summed E-state index contributed by atoms with van der Waals surface area (Å²) in [4.78, 5) is 17.0. The average Bonchev–Trinajstić information content (AvgIpc) is 2.67. The second kappa shape index (κ2) is 7.78. The molecule has 0 bridgehead atoms. The molecule has 3 rings (SSSR count). The van der Waals surface area contributed by atoms with E-state index in [9.17, 15) is 0 Å². The van der Waals surface area contributed by atoms with Crippen LogP contribution in [0.3, 0.4) is 0 Å². The van der Waals surface area contributed by atoms with Crippen LogP contribution < -0.4 is 10.3 Å². The molecule has 7 nitrogen and oxygen atoms in total. The molecule has 8 heteroatoms. The molecule has 124 valence electrons. The average molecular weight is 341 g/mol. The Bertz CT molecular complexity index is 697. The van der Waals surface area contributed by atoms with Crippen molar-refractivity contribution in [2.24, 2.45) is 5.10 Å². The van der Waals surface area contributed by atoms with Crippen molar-refractivity contribution >= 4 is 28.9 Å². The number of hydrazone groups is 1. The topological polar surface area (TPSA) is 69.5 Å². The normalized spacial score (nSPS) is 15.3. The number of thiocarbonyl (C=S) groups is 1. The molecule has 1 aliphatic heterocycles. The molecule has 3 heterocycles. The highest BCUT2D eigenvalue weighted by Crippen LogP contribution is 2.11. The quantitative estimate of drug-likeness (QED) is 0.512. The molecule has 0 unspecified atom stereocenters. The standard InChI is InChI=1S/C16H19N7S/c1-13(14-4-2-3-5-18-14)20-21-16(24)23-10-8-22(9-11-23)15-12-17-6-7-19-15/h2-7,12H,8-11H2,1H3,(H,21,24). The highest BCUT2D eigenvalue weighted by molar-refractivity contribution is 7.80. The molecule has 2 aromatic rings. The fourth-order valence-electron chi connectivity index (χ4n) is 2.43. The van der Waals surface area contributed by atoms with Gasteiger partial charge in [-0.05, 0) is 31.3 Å². The Morgan fingerprint density at radius 1 is 1.12 bits per heavy atom. The lowest BCUT2D eigenvalue weighted by molar-refractivity contribution is 0.380. The van der Waals surface area contributed by atoms with Crippen molar-refractivity contribution in [2.75, 3.05) is 31.1 Å². The van der Waals surface area contributed by atoms with E-state index in [-0.39, 0.29) is 0 Å². The Kier molecular flexibility index (Phi) is 5.27. The Morgan fingerprint density at radius 3 is 2.62 bits per heavy atom. The van der Waals surface area contributed by atoms with E-state index in [2.05, 4.69) is 35.3 Å². The van der Waals surface area contributed by atoms with Crippen LogP contribution in [0, 0.1) is 0 Å². The van der Waals surface area contributed by atoms with Crippen molar-refractivity contribution in [3.63, 3.8) is 0 Å². The van der Waals surface area contributed by atoms with Crippen molar-refractivity contribution in [1.29, 1.82) is 0 Å². The number of nitrogens with zero attached hydrogens (tertiary/aromatic N) is 6. The number of hydrogen-bond donors (Lipinski definition) is 1. The lowest BCUT2D eigenvalue weighted by atomic mass is 10.3. The second-order valence-electron chi connectivity index (χ2n) is 5.37. The first kappa shape index (κ1) is 16.3. The largest absolute Gasteiger partial charge is 0.352 e. The SMILES string of the molecule is CC(=NNC(=S)N1CCN(c2cnccn2)CC1)c1ccccn1. The number of hydrogen-bond acceptors (Lipinski definition) is 6. The molecule has 2 aromatic heterocycles. The second-order valence-corrected chi connectivity index (χ2v) is 5.75. The first-order valence-corrected chi connectivity index (χ1v) is 8.16. The highest BCUT2D eigenvalue weighted by Gasteiger charge is 2.19. The summed E-state index contributed by atoms with van der Waals surface area (Å²) in [6.45, 7) is 5.25. The molecule has 0 aliphatic carbocycles. The zero-order valence-electron chi connectivity index (χ0n) is 13.5. The van der Waals surface area contributed by atoms with Crippen molar-refractivity contribution in [2.45, 2.75) is 6.92 Å². The number of piperazine rings is 1. The maximum Gasteiger partial charge on any atom is 0.189 e. The van der Waals surface area contributed by atoms with Crippen molar-refractivity contribution in [3.05, 3.63) is 48.7 Å². The summed E-state index contributed by atoms with van der Waals surface area (Å²) in [6, 6.07) is 5.74. The van der Waals surface area contributed by atoms with Gasteiger partial charge in [0.2, 0.25) is 0 Å². The van der Waals surface area contributed by atoms with Gasteiger partial charge in [-0.2, -0.15) is 5.10 Å². The van der Waals surface area contributed by atoms with Crippen LogP contribution in [-0.4, -0.2) is 56.9 Å². The van der Waals surface area contributed by atoms with Gasteiger partial charge in [0, 0.05) is 44.8 Å². The molecular formula is C16H19N7S. The van der Waals surface area contributed by atoms with Gasteiger partial charge in [-0.3, -0.25) is 15.4 Å². The van der Waals surface area contributed by atoms with E-state index < -0.39 is 0 Å². The first-order chi connectivity index (χ1) is 11.7.